The summed E-state index contributed by atoms with van der Waals surface area (Å²) in [6, 6.07) is 0. The summed E-state index contributed by atoms with van der Waals surface area (Å²) >= 11 is 0. The Morgan fingerprint density at radius 2 is 2.17 bits per heavy atom. The van der Waals surface area contributed by atoms with Gasteiger partial charge in [0, 0.05) is 13.2 Å². The van der Waals surface area contributed by atoms with E-state index in [9.17, 15) is 0 Å². The number of hydrogen-bond acceptors (Lipinski definition) is 4. The van der Waals surface area contributed by atoms with E-state index >= 15 is 0 Å². The van der Waals surface area contributed by atoms with Crippen molar-refractivity contribution in [2.45, 2.75) is 19.8 Å². The highest BCUT2D eigenvalue weighted by Gasteiger charge is 1.88. The Hall–Kier alpha value is -0.580. The largest absolute Gasteiger partial charge is 0.316 e. The monoisotopic (exact) mass is 172 g/mol. The van der Waals surface area contributed by atoms with Gasteiger partial charge in [-0.15, -0.1) is 0 Å². The van der Waals surface area contributed by atoms with Gasteiger partial charge in [-0.1, -0.05) is 19.4 Å². The van der Waals surface area contributed by atoms with Crippen LogP contribution in [0.15, 0.2) is 12.3 Å². The van der Waals surface area contributed by atoms with Crippen molar-refractivity contribution in [2.24, 2.45) is 0 Å². The molecule has 0 amide bonds. The summed E-state index contributed by atoms with van der Waals surface area (Å²) in [6.45, 7) is 2.96. The fraction of sp³-hybridized carbons (Fsp3) is 0.750. The molecular formula is C8H20N4. The summed E-state index contributed by atoms with van der Waals surface area (Å²) in [5.74, 6) is 0. The first-order valence-electron chi connectivity index (χ1n) is 4.33. The number of rotatable bonds is 7. The number of hydrogen-bond donors (Lipinski definition) is 3. The maximum atomic E-state index is 3.02. The molecule has 0 unspecified atom stereocenters. The predicted octanol–water partition coefficient (Wildman–Crippen LogP) is 0.418. The topological polar surface area (TPSA) is 39.3 Å². The molecule has 0 atom stereocenters. The molecule has 0 aliphatic rings. The average Bonchev–Trinajstić information content (AvgIpc) is 2.05. The third-order valence-corrected chi connectivity index (χ3v) is 1.31. The van der Waals surface area contributed by atoms with E-state index in [0.717, 1.165) is 13.1 Å². The summed E-state index contributed by atoms with van der Waals surface area (Å²) in [4.78, 5) is 0. The molecule has 0 spiro atoms. The molecule has 0 aliphatic carbocycles. The van der Waals surface area contributed by atoms with Gasteiger partial charge in [0.2, 0.25) is 0 Å². The number of nitrogens with one attached hydrogen (secondary N) is 3. The Morgan fingerprint density at radius 3 is 2.75 bits per heavy atom. The lowest BCUT2D eigenvalue weighted by Crippen LogP contribution is -2.45. The molecule has 0 saturated heterocycles. The Bertz CT molecular complexity index is 114. The summed E-state index contributed by atoms with van der Waals surface area (Å²) in [7, 11) is 3.86. The molecule has 0 saturated carbocycles. The highest BCUT2D eigenvalue weighted by molar-refractivity contribution is 4.76. The van der Waals surface area contributed by atoms with Gasteiger partial charge >= 0.3 is 0 Å². The molecule has 0 radical (unpaired) electrons. The zero-order valence-corrected chi connectivity index (χ0v) is 8.22. The smallest absolute Gasteiger partial charge is 0.0632 e. The van der Waals surface area contributed by atoms with Crippen molar-refractivity contribution in [3.8, 4) is 0 Å². The van der Waals surface area contributed by atoms with E-state index in [2.05, 4.69) is 29.3 Å². The van der Waals surface area contributed by atoms with E-state index in [0.29, 0.717) is 0 Å². The number of nitrogens with zero attached hydrogens (tertiary/aromatic N) is 1. The highest BCUT2D eigenvalue weighted by Crippen LogP contribution is 1.85. The van der Waals surface area contributed by atoms with Crippen molar-refractivity contribution in [1.82, 2.24) is 21.3 Å². The van der Waals surface area contributed by atoms with Crippen LogP contribution in [-0.2, 0) is 0 Å². The van der Waals surface area contributed by atoms with Crippen molar-refractivity contribution >= 4 is 0 Å². The summed E-state index contributed by atoms with van der Waals surface area (Å²) in [5, 5.41) is 4.93. The molecule has 0 aromatic rings. The molecule has 0 rings (SSSR count). The normalized spacial score (nSPS) is 11.3. The number of allylic oxidation sites excluding steroid dienone is 1. The zero-order valence-electron chi connectivity index (χ0n) is 8.22. The predicted molar refractivity (Wildman–Crippen MR) is 52.0 cm³/mol. The lowest BCUT2D eigenvalue weighted by atomic mass is 10.3. The van der Waals surface area contributed by atoms with Crippen LogP contribution >= 0.6 is 0 Å². The lowest BCUT2D eigenvalue weighted by Gasteiger charge is -2.16. The number of unbranched alkanes of at least 4 members (excludes halogenated alkanes) is 1. The maximum Gasteiger partial charge on any atom is 0.0632 e. The molecule has 0 aromatic carbocycles. The molecule has 0 bridgehead atoms. The molecule has 4 heteroatoms. The van der Waals surface area contributed by atoms with Crippen molar-refractivity contribution in [3.63, 3.8) is 0 Å². The Balaban J connectivity index is 3.17. The molecule has 0 fully saturated rings. The van der Waals surface area contributed by atoms with Crippen LogP contribution in [0, 0.1) is 0 Å². The standard InChI is InChI=1S/C8H20N4/c1-4-5-6-7-10-11-12(3)8-9-2/h6-7,9-11H,4-5,8H2,1-3H3/b7-6+. The zero-order chi connectivity index (χ0) is 9.23. The fourth-order valence-electron chi connectivity index (χ4n) is 0.733. The second-order valence-corrected chi connectivity index (χ2v) is 2.66. The Kier molecular flexibility index (Phi) is 8.10. The average molecular weight is 172 g/mol. The van der Waals surface area contributed by atoms with Gasteiger partial charge in [0.1, 0.15) is 0 Å². The molecule has 3 N–H and O–H groups in total. The van der Waals surface area contributed by atoms with Crippen LogP contribution in [-0.4, -0.2) is 25.8 Å². The third kappa shape index (κ3) is 7.53. The van der Waals surface area contributed by atoms with Gasteiger partial charge in [-0.25, -0.2) is 5.01 Å². The molecule has 72 valence electrons. The molecule has 0 heterocycles. The minimum atomic E-state index is 0.800. The van der Waals surface area contributed by atoms with Crippen LogP contribution in [0.5, 0.6) is 0 Å². The Morgan fingerprint density at radius 1 is 1.42 bits per heavy atom. The van der Waals surface area contributed by atoms with Gasteiger partial charge < -0.3 is 10.7 Å². The van der Waals surface area contributed by atoms with Gasteiger partial charge in [-0.3, -0.25) is 0 Å². The van der Waals surface area contributed by atoms with Crippen LogP contribution in [0.3, 0.4) is 0 Å². The second kappa shape index (κ2) is 8.52. The lowest BCUT2D eigenvalue weighted by molar-refractivity contribution is 0.199. The first-order chi connectivity index (χ1) is 5.81. The van der Waals surface area contributed by atoms with Crippen LogP contribution in [0.25, 0.3) is 0 Å². The number of hydrazine groups is 2. The maximum absolute atomic E-state index is 3.02. The summed E-state index contributed by atoms with van der Waals surface area (Å²) in [6.07, 6.45) is 6.31. The van der Waals surface area contributed by atoms with Crippen LogP contribution in [0.4, 0.5) is 0 Å². The van der Waals surface area contributed by atoms with Crippen LogP contribution in [0.1, 0.15) is 19.8 Å². The van der Waals surface area contributed by atoms with Crippen molar-refractivity contribution in [2.75, 3.05) is 20.8 Å². The van der Waals surface area contributed by atoms with E-state index in [4.69, 9.17) is 0 Å². The molecule has 4 nitrogen and oxygen atoms in total. The van der Waals surface area contributed by atoms with Gasteiger partial charge in [-0.05, 0) is 13.5 Å². The third-order valence-electron chi connectivity index (χ3n) is 1.31. The first-order valence-corrected chi connectivity index (χ1v) is 4.33. The van der Waals surface area contributed by atoms with Gasteiger partial charge in [0.25, 0.3) is 0 Å². The van der Waals surface area contributed by atoms with Crippen LogP contribution < -0.4 is 16.3 Å². The van der Waals surface area contributed by atoms with Gasteiger partial charge in [0.05, 0.1) is 6.67 Å². The van der Waals surface area contributed by atoms with E-state index in [1.54, 1.807) is 0 Å². The SMILES string of the molecule is CCC/C=C/NNN(C)CNC. The minimum Gasteiger partial charge on any atom is -0.316 e. The minimum absolute atomic E-state index is 0.800. The van der Waals surface area contributed by atoms with Crippen molar-refractivity contribution in [1.29, 1.82) is 0 Å². The van der Waals surface area contributed by atoms with E-state index in [-0.39, 0.29) is 0 Å². The van der Waals surface area contributed by atoms with Crippen LogP contribution in [0.2, 0.25) is 0 Å². The summed E-state index contributed by atoms with van der Waals surface area (Å²) in [5.41, 5.74) is 5.94. The highest BCUT2D eigenvalue weighted by atomic mass is 15.7. The van der Waals surface area contributed by atoms with Gasteiger partial charge in [0.15, 0.2) is 0 Å². The van der Waals surface area contributed by atoms with Gasteiger partial charge in [-0.2, -0.15) is 5.53 Å². The van der Waals surface area contributed by atoms with E-state index in [1.807, 2.05) is 25.3 Å². The van der Waals surface area contributed by atoms with Crippen molar-refractivity contribution < 1.29 is 0 Å². The molecule has 12 heavy (non-hydrogen) atoms. The van der Waals surface area contributed by atoms with Crippen molar-refractivity contribution in [3.05, 3.63) is 12.3 Å². The molecule has 0 aliphatic heterocycles. The quantitative estimate of drug-likeness (QED) is 0.384. The fourth-order valence-corrected chi connectivity index (χ4v) is 0.733. The second-order valence-electron chi connectivity index (χ2n) is 2.66. The first kappa shape index (κ1) is 11.4. The Labute approximate surface area is 75.0 Å². The molecular weight excluding hydrogens is 152 g/mol. The molecule has 0 aromatic heterocycles. The summed E-state index contributed by atoms with van der Waals surface area (Å²) < 4.78 is 0. The van der Waals surface area contributed by atoms with E-state index in [1.165, 1.54) is 6.42 Å². The van der Waals surface area contributed by atoms with E-state index < -0.39 is 0 Å².